The van der Waals surface area contributed by atoms with Crippen LogP contribution in [0, 0.1) is 5.92 Å². The first-order valence-corrected chi connectivity index (χ1v) is 6.61. The monoisotopic (exact) mass is 272 g/mol. The molecule has 2 fully saturated rings. The summed E-state index contributed by atoms with van der Waals surface area (Å²) in [5, 5.41) is 21.2. The standard InChI is InChI=1S/C12H20N2O5/c15-9-5-10(11(16)17)14(6-9)12(18)13-3-1-8-2-4-19-7-8/h8-10,15H,1-7H2,(H,13,18)(H,16,17)/t8?,9?,10-/m0/s1. The maximum atomic E-state index is 11.9. The summed E-state index contributed by atoms with van der Waals surface area (Å²) in [7, 11) is 0. The maximum absolute atomic E-state index is 11.9. The van der Waals surface area contributed by atoms with Crippen LogP contribution in [0.4, 0.5) is 4.79 Å². The van der Waals surface area contributed by atoms with Crippen LogP contribution in [-0.2, 0) is 9.53 Å². The Hall–Kier alpha value is -1.34. The van der Waals surface area contributed by atoms with Gasteiger partial charge in [-0.1, -0.05) is 0 Å². The van der Waals surface area contributed by atoms with Crippen LogP contribution in [0.15, 0.2) is 0 Å². The summed E-state index contributed by atoms with van der Waals surface area (Å²) in [6, 6.07) is -1.34. The number of hydrogen-bond acceptors (Lipinski definition) is 4. The van der Waals surface area contributed by atoms with Gasteiger partial charge in [0.15, 0.2) is 0 Å². The van der Waals surface area contributed by atoms with E-state index >= 15 is 0 Å². The molecule has 0 aromatic heterocycles. The number of hydrogen-bond donors (Lipinski definition) is 3. The van der Waals surface area contributed by atoms with Crippen LogP contribution in [0.3, 0.4) is 0 Å². The summed E-state index contributed by atoms with van der Waals surface area (Å²) in [5.41, 5.74) is 0. The van der Waals surface area contributed by atoms with Gasteiger partial charge in [-0.15, -0.1) is 0 Å². The summed E-state index contributed by atoms with van der Waals surface area (Å²) >= 11 is 0. The quantitative estimate of drug-likeness (QED) is 0.649. The molecule has 0 spiro atoms. The summed E-state index contributed by atoms with van der Waals surface area (Å²) in [4.78, 5) is 24.1. The zero-order chi connectivity index (χ0) is 13.8. The molecule has 2 saturated heterocycles. The number of nitrogens with zero attached hydrogens (tertiary/aromatic N) is 1. The molecule has 7 heteroatoms. The Balaban J connectivity index is 1.76. The van der Waals surface area contributed by atoms with Crippen molar-refractivity contribution in [1.82, 2.24) is 10.2 Å². The lowest BCUT2D eigenvalue weighted by atomic mass is 10.1. The lowest BCUT2D eigenvalue weighted by Crippen LogP contribution is -2.46. The molecule has 2 unspecified atom stereocenters. The second-order valence-corrected chi connectivity index (χ2v) is 5.15. The summed E-state index contributed by atoms with van der Waals surface area (Å²) in [6.45, 7) is 2.09. The minimum absolute atomic E-state index is 0.0787. The Kier molecular flexibility index (Phi) is 4.60. The molecule has 7 nitrogen and oxygen atoms in total. The van der Waals surface area contributed by atoms with E-state index in [0.29, 0.717) is 12.5 Å². The molecule has 108 valence electrons. The van der Waals surface area contributed by atoms with Crippen molar-refractivity contribution in [2.75, 3.05) is 26.3 Å². The van der Waals surface area contributed by atoms with Gasteiger partial charge in [-0.25, -0.2) is 9.59 Å². The summed E-state index contributed by atoms with van der Waals surface area (Å²) < 4.78 is 5.24. The molecule has 0 bridgehead atoms. The van der Waals surface area contributed by atoms with E-state index < -0.39 is 24.1 Å². The van der Waals surface area contributed by atoms with Crippen molar-refractivity contribution in [3.05, 3.63) is 0 Å². The highest BCUT2D eigenvalue weighted by Crippen LogP contribution is 2.19. The number of carbonyl (C=O) groups is 2. The number of likely N-dealkylation sites (tertiary alicyclic amines) is 1. The lowest BCUT2D eigenvalue weighted by molar-refractivity contribution is -0.141. The van der Waals surface area contributed by atoms with Crippen molar-refractivity contribution in [3.8, 4) is 0 Å². The Morgan fingerprint density at radius 2 is 2.21 bits per heavy atom. The van der Waals surface area contributed by atoms with Crippen LogP contribution < -0.4 is 5.32 Å². The highest BCUT2D eigenvalue weighted by molar-refractivity contribution is 5.83. The number of urea groups is 1. The van der Waals surface area contributed by atoms with Crippen LogP contribution in [0.2, 0.25) is 0 Å². The molecular weight excluding hydrogens is 252 g/mol. The fraction of sp³-hybridized carbons (Fsp3) is 0.833. The van der Waals surface area contributed by atoms with Crippen LogP contribution >= 0.6 is 0 Å². The van der Waals surface area contributed by atoms with Gasteiger partial charge in [-0.3, -0.25) is 0 Å². The Labute approximate surface area is 111 Å². The third-order valence-electron chi connectivity index (χ3n) is 3.68. The van der Waals surface area contributed by atoms with E-state index in [0.717, 1.165) is 26.1 Å². The first kappa shape index (κ1) is 14.1. The van der Waals surface area contributed by atoms with E-state index in [9.17, 15) is 14.7 Å². The first-order valence-electron chi connectivity index (χ1n) is 6.61. The number of ether oxygens (including phenoxy) is 1. The molecule has 2 rings (SSSR count). The number of carboxylic acid groups (broad SMARTS) is 1. The molecule has 2 amide bonds. The van der Waals surface area contributed by atoms with Crippen LogP contribution in [-0.4, -0.2) is 65.6 Å². The predicted octanol–water partition coefficient (Wildman–Crippen LogP) is -0.358. The molecule has 0 aliphatic carbocycles. The van der Waals surface area contributed by atoms with E-state index in [-0.39, 0.29) is 13.0 Å². The van der Waals surface area contributed by atoms with Gasteiger partial charge in [-0.2, -0.15) is 0 Å². The fourth-order valence-electron chi connectivity index (χ4n) is 2.57. The maximum Gasteiger partial charge on any atom is 0.326 e. The molecule has 0 aromatic carbocycles. The van der Waals surface area contributed by atoms with Crippen molar-refractivity contribution in [2.24, 2.45) is 5.92 Å². The highest BCUT2D eigenvalue weighted by atomic mass is 16.5. The number of nitrogens with one attached hydrogen (secondary N) is 1. The molecule has 2 heterocycles. The van der Waals surface area contributed by atoms with Crippen LogP contribution in [0.1, 0.15) is 19.3 Å². The Morgan fingerprint density at radius 1 is 1.42 bits per heavy atom. The SMILES string of the molecule is O=C(O)[C@@H]1CC(O)CN1C(=O)NCCC1CCOC1. The third kappa shape index (κ3) is 3.57. The van der Waals surface area contributed by atoms with E-state index in [1.54, 1.807) is 0 Å². The van der Waals surface area contributed by atoms with Gasteiger partial charge in [0.25, 0.3) is 0 Å². The average molecular weight is 272 g/mol. The zero-order valence-electron chi connectivity index (χ0n) is 10.7. The van der Waals surface area contributed by atoms with Crippen LogP contribution in [0.25, 0.3) is 0 Å². The highest BCUT2D eigenvalue weighted by Gasteiger charge is 2.38. The van der Waals surface area contributed by atoms with E-state index in [4.69, 9.17) is 9.84 Å². The van der Waals surface area contributed by atoms with Gasteiger partial charge < -0.3 is 25.2 Å². The number of aliphatic carboxylic acids is 1. The molecule has 2 aliphatic heterocycles. The largest absolute Gasteiger partial charge is 0.480 e. The number of aliphatic hydroxyl groups is 1. The van der Waals surface area contributed by atoms with Gasteiger partial charge in [-0.05, 0) is 18.8 Å². The second-order valence-electron chi connectivity index (χ2n) is 5.15. The normalized spacial score (nSPS) is 30.6. The van der Waals surface area contributed by atoms with Crippen molar-refractivity contribution < 1.29 is 24.5 Å². The summed E-state index contributed by atoms with van der Waals surface area (Å²) in [6.07, 6.45) is 1.19. The molecule has 3 atom stereocenters. The van der Waals surface area contributed by atoms with Crippen LogP contribution in [0.5, 0.6) is 0 Å². The zero-order valence-corrected chi connectivity index (χ0v) is 10.7. The van der Waals surface area contributed by atoms with Crippen molar-refractivity contribution in [1.29, 1.82) is 0 Å². The number of rotatable bonds is 4. The Bertz CT molecular complexity index is 343. The molecule has 0 radical (unpaired) electrons. The Morgan fingerprint density at radius 3 is 2.84 bits per heavy atom. The van der Waals surface area contributed by atoms with Crippen molar-refractivity contribution in [3.63, 3.8) is 0 Å². The van der Waals surface area contributed by atoms with Crippen molar-refractivity contribution >= 4 is 12.0 Å². The number of carbonyl (C=O) groups excluding carboxylic acids is 1. The molecule has 0 saturated carbocycles. The lowest BCUT2D eigenvalue weighted by Gasteiger charge is -2.21. The molecule has 2 aliphatic rings. The fourth-order valence-corrected chi connectivity index (χ4v) is 2.57. The molecule has 3 N–H and O–H groups in total. The molecular formula is C12H20N2O5. The van der Waals surface area contributed by atoms with Gasteiger partial charge in [0, 0.05) is 32.7 Å². The second kappa shape index (κ2) is 6.21. The minimum Gasteiger partial charge on any atom is -0.480 e. The van der Waals surface area contributed by atoms with Gasteiger partial charge in [0.05, 0.1) is 6.10 Å². The third-order valence-corrected chi connectivity index (χ3v) is 3.68. The topological polar surface area (TPSA) is 99.1 Å². The van der Waals surface area contributed by atoms with Crippen molar-refractivity contribution in [2.45, 2.75) is 31.4 Å². The number of amides is 2. The summed E-state index contributed by atoms with van der Waals surface area (Å²) in [5.74, 6) is -0.601. The molecule has 0 aromatic rings. The van der Waals surface area contributed by atoms with E-state index in [1.165, 1.54) is 4.90 Å². The van der Waals surface area contributed by atoms with Gasteiger partial charge in [0.2, 0.25) is 0 Å². The van der Waals surface area contributed by atoms with E-state index in [1.807, 2.05) is 0 Å². The first-order chi connectivity index (χ1) is 9.08. The number of carboxylic acids is 1. The predicted molar refractivity (Wildman–Crippen MR) is 65.7 cm³/mol. The molecule has 19 heavy (non-hydrogen) atoms. The van der Waals surface area contributed by atoms with Gasteiger partial charge >= 0.3 is 12.0 Å². The number of β-amino-alcohol motifs (C(OH)–C–C–N with tert-alkyl or cyclic N) is 1. The minimum atomic E-state index is -1.07. The van der Waals surface area contributed by atoms with Gasteiger partial charge in [0.1, 0.15) is 6.04 Å². The average Bonchev–Trinajstić information content (AvgIpc) is 2.98. The van der Waals surface area contributed by atoms with E-state index in [2.05, 4.69) is 5.32 Å². The smallest absolute Gasteiger partial charge is 0.326 e. The number of aliphatic hydroxyl groups excluding tert-OH is 1.